The fourth-order valence-electron chi connectivity index (χ4n) is 2.82. The Kier molecular flexibility index (Phi) is 3.23. The van der Waals surface area contributed by atoms with Crippen LogP contribution in [0.5, 0.6) is 5.88 Å². The van der Waals surface area contributed by atoms with Gasteiger partial charge in [-0.05, 0) is 49.1 Å². The molecule has 2 heterocycles. The molecule has 23 heavy (non-hydrogen) atoms. The van der Waals surface area contributed by atoms with Gasteiger partial charge in [-0.2, -0.15) is 0 Å². The van der Waals surface area contributed by atoms with Gasteiger partial charge in [0.15, 0.2) is 5.69 Å². The predicted octanol–water partition coefficient (Wildman–Crippen LogP) is 4.49. The summed E-state index contributed by atoms with van der Waals surface area (Å²) in [7, 11) is 0. The van der Waals surface area contributed by atoms with Crippen LogP contribution in [0.4, 0.5) is 10.1 Å². The molecule has 0 fully saturated rings. The third-order valence-electron chi connectivity index (χ3n) is 3.91. The van der Waals surface area contributed by atoms with Gasteiger partial charge in [-0.25, -0.2) is 4.39 Å². The van der Waals surface area contributed by atoms with Crippen LogP contribution in [0.15, 0.2) is 34.5 Å². The largest absolute Gasteiger partial charge is 0.493 e. The molecule has 2 aromatic heterocycles. The van der Waals surface area contributed by atoms with Crippen LogP contribution >= 0.6 is 11.3 Å². The Balaban J connectivity index is 1.66. The lowest BCUT2D eigenvalue weighted by Crippen LogP contribution is -1.89. The summed E-state index contributed by atoms with van der Waals surface area (Å²) in [5, 5.41) is 17.8. The van der Waals surface area contributed by atoms with Gasteiger partial charge >= 0.3 is 5.91 Å². The maximum Gasteiger partial charge on any atom is 0.305 e. The van der Waals surface area contributed by atoms with E-state index in [1.807, 2.05) is 6.07 Å². The zero-order valence-electron chi connectivity index (χ0n) is 12.0. The van der Waals surface area contributed by atoms with E-state index in [1.54, 1.807) is 0 Å². The highest BCUT2D eigenvalue weighted by molar-refractivity contribution is 7.14. The number of benzene rings is 1. The van der Waals surface area contributed by atoms with Crippen LogP contribution < -0.4 is 0 Å². The Morgan fingerprint density at radius 3 is 3.00 bits per heavy atom. The number of nitrogens with zero attached hydrogens (tertiary/aromatic N) is 2. The van der Waals surface area contributed by atoms with Crippen molar-refractivity contribution in [3.63, 3.8) is 0 Å². The number of hydrogen-bond acceptors (Lipinski definition) is 4. The number of thiophene rings is 1. The molecular weight excluding hydrogens is 317 g/mol. The predicted molar refractivity (Wildman–Crippen MR) is 85.1 cm³/mol. The van der Waals surface area contributed by atoms with E-state index in [0.717, 1.165) is 19.3 Å². The van der Waals surface area contributed by atoms with Crippen LogP contribution in [-0.4, -0.2) is 16.0 Å². The van der Waals surface area contributed by atoms with Crippen LogP contribution in [0.2, 0.25) is 0 Å². The maximum atomic E-state index is 13.3. The fourth-order valence-corrected chi connectivity index (χ4v) is 3.95. The second kappa shape index (κ2) is 5.27. The minimum atomic E-state index is -0.450. The number of H-pyrrole nitrogens is 1. The number of aromatic hydroxyl groups is 1. The zero-order chi connectivity index (χ0) is 16.0. The topological polar surface area (TPSA) is 77.8 Å². The number of amides is 1. The van der Waals surface area contributed by atoms with Crippen molar-refractivity contribution in [2.24, 2.45) is 10.2 Å². The van der Waals surface area contributed by atoms with Crippen molar-refractivity contribution in [1.29, 1.82) is 0 Å². The normalized spacial score (nSPS) is 14.0. The number of aryl methyl sites for hydroxylation is 2. The van der Waals surface area contributed by atoms with E-state index in [1.165, 1.54) is 40.0 Å². The molecule has 0 saturated heterocycles. The summed E-state index contributed by atoms with van der Waals surface area (Å²) in [6, 6.07) is 5.87. The molecule has 0 unspecified atom stereocenters. The lowest BCUT2D eigenvalue weighted by molar-refractivity contribution is 0.0999. The first-order valence-electron chi connectivity index (χ1n) is 7.19. The summed E-state index contributed by atoms with van der Waals surface area (Å²) in [5.41, 5.74) is 1.81. The number of carbonyl (C=O) groups excluding carboxylic acids is 1. The standard InChI is InChI=1S/C16H12FN3O2S/c17-9-4-5-11-10(7-9)14(16(22)18-11)19-20-15(21)13-6-8-2-1-3-12(8)23-13/h4-7,18,22H,1-3H2. The molecule has 0 saturated carbocycles. The van der Waals surface area contributed by atoms with Gasteiger partial charge in [-0.3, -0.25) is 4.79 Å². The highest BCUT2D eigenvalue weighted by Gasteiger charge is 2.19. The van der Waals surface area contributed by atoms with E-state index in [9.17, 15) is 14.3 Å². The Bertz CT molecular complexity index is 936. The Hall–Kier alpha value is -2.54. The number of halogens is 1. The van der Waals surface area contributed by atoms with Crippen LogP contribution in [-0.2, 0) is 12.8 Å². The number of nitrogens with one attached hydrogen (secondary N) is 1. The molecule has 116 valence electrons. The quantitative estimate of drug-likeness (QED) is 0.680. The number of aromatic amines is 1. The Morgan fingerprint density at radius 2 is 2.17 bits per heavy atom. The van der Waals surface area contributed by atoms with Crippen molar-refractivity contribution < 1.29 is 14.3 Å². The molecule has 2 N–H and O–H groups in total. The summed E-state index contributed by atoms with van der Waals surface area (Å²) < 4.78 is 13.3. The first-order valence-corrected chi connectivity index (χ1v) is 8.01. The molecule has 1 aliphatic carbocycles. The highest BCUT2D eigenvalue weighted by atomic mass is 32.1. The lowest BCUT2D eigenvalue weighted by Gasteiger charge is -1.92. The number of fused-ring (bicyclic) bond motifs is 2. The minimum absolute atomic E-state index is 0.0666. The van der Waals surface area contributed by atoms with Gasteiger partial charge in [-0.1, -0.05) is 0 Å². The van der Waals surface area contributed by atoms with Crippen molar-refractivity contribution in [2.75, 3.05) is 0 Å². The maximum absolute atomic E-state index is 13.3. The second-order valence-corrected chi connectivity index (χ2v) is 6.57. The average Bonchev–Trinajstić information content (AvgIpc) is 3.17. The van der Waals surface area contributed by atoms with Gasteiger partial charge in [0.05, 0.1) is 10.4 Å². The third-order valence-corrected chi connectivity index (χ3v) is 5.14. The summed E-state index contributed by atoms with van der Waals surface area (Å²) >= 11 is 1.44. The number of carbonyl (C=O) groups is 1. The molecule has 0 radical (unpaired) electrons. The highest BCUT2D eigenvalue weighted by Crippen LogP contribution is 2.36. The van der Waals surface area contributed by atoms with Crippen LogP contribution in [0, 0.1) is 5.82 Å². The smallest absolute Gasteiger partial charge is 0.305 e. The van der Waals surface area contributed by atoms with Crippen LogP contribution in [0.25, 0.3) is 10.9 Å². The van der Waals surface area contributed by atoms with E-state index >= 15 is 0 Å². The molecule has 0 spiro atoms. The van der Waals surface area contributed by atoms with Crippen molar-refractivity contribution in [1.82, 2.24) is 4.98 Å². The number of rotatable bonds is 2. The average molecular weight is 329 g/mol. The van der Waals surface area contributed by atoms with E-state index in [-0.39, 0.29) is 11.6 Å². The van der Waals surface area contributed by atoms with Gasteiger partial charge in [0.2, 0.25) is 5.88 Å². The van der Waals surface area contributed by atoms with E-state index in [2.05, 4.69) is 15.2 Å². The number of azo groups is 1. The number of aromatic nitrogens is 1. The molecule has 4 rings (SSSR count). The molecule has 3 aromatic rings. The first-order chi connectivity index (χ1) is 11.1. The summed E-state index contributed by atoms with van der Waals surface area (Å²) in [6.07, 6.45) is 3.14. The molecule has 1 aliphatic rings. The molecule has 1 amide bonds. The van der Waals surface area contributed by atoms with Crippen molar-refractivity contribution in [3.05, 3.63) is 45.4 Å². The van der Waals surface area contributed by atoms with E-state index in [0.29, 0.717) is 15.8 Å². The molecule has 5 nitrogen and oxygen atoms in total. The monoisotopic (exact) mass is 329 g/mol. The molecule has 1 aromatic carbocycles. The van der Waals surface area contributed by atoms with Gasteiger partial charge in [-0.15, -0.1) is 21.6 Å². The zero-order valence-corrected chi connectivity index (χ0v) is 12.8. The number of hydrogen-bond donors (Lipinski definition) is 2. The summed E-state index contributed by atoms with van der Waals surface area (Å²) in [5.74, 6) is -1.14. The summed E-state index contributed by atoms with van der Waals surface area (Å²) in [6.45, 7) is 0. The Morgan fingerprint density at radius 1 is 1.30 bits per heavy atom. The van der Waals surface area contributed by atoms with Crippen LogP contribution in [0.1, 0.15) is 26.5 Å². The first kappa shape index (κ1) is 14.1. The SMILES string of the molecule is O=C(N=Nc1c(O)[nH]c2ccc(F)cc12)c1cc2c(s1)CCC2. The Labute approximate surface area is 134 Å². The fraction of sp³-hybridized carbons (Fsp3) is 0.188. The molecule has 0 atom stereocenters. The van der Waals surface area contributed by atoms with Gasteiger partial charge in [0.1, 0.15) is 5.82 Å². The second-order valence-electron chi connectivity index (χ2n) is 5.43. The van der Waals surface area contributed by atoms with Crippen molar-refractivity contribution in [3.8, 4) is 5.88 Å². The minimum Gasteiger partial charge on any atom is -0.493 e. The molecule has 0 bridgehead atoms. The third kappa shape index (κ3) is 2.43. The van der Waals surface area contributed by atoms with E-state index in [4.69, 9.17) is 0 Å². The lowest BCUT2D eigenvalue weighted by atomic mass is 10.2. The van der Waals surface area contributed by atoms with Crippen molar-refractivity contribution in [2.45, 2.75) is 19.3 Å². The van der Waals surface area contributed by atoms with Crippen LogP contribution in [0.3, 0.4) is 0 Å². The molecule has 0 aliphatic heterocycles. The van der Waals surface area contributed by atoms with Gasteiger partial charge in [0.25, 0.3) is 0 Å². The molecule has 7 heteroatoms. The van der Waals surface area contributed by atoms with Gasteiger partial charge in [0, 0.05) is 10.3 Å². The summed E-state index contributed by atoms with van der Waals surface area (Å²) in [4.78, 5) is 16.6. The van der Waals surface area contributed by atoms with Crippen molar-refractivity contribution >= 4 is 33.8 Å². The van der Waals surface area contributed by atoms with Gasteiger partial charge < -0.3 is 10.1 Å². The van der Waals surface area contributed by atoms with E-state index < -0.39 is 11.7 Å². The molecular formula is C16H12FN3O2S.